The van der Waals surface area contributed by atoms with Crippen molar-refractivity contribution in [3.05, 3.63) is 35.3 Å². The summed E-state index contributed by atoms with van der Waals surface area (Å²) in [6, 6.07) is 7.90. The number of likely N-dealkylation sites (tertiary alicyclic amines) is 1. The number of ether oxygens (including phenoxy) is 1. The van der Waals surface area contributed by atoms with E-state index in [0.717, 1.165) is 42.5 Å². The van der Waals surface area contributed by atoms with Gasteiger partial charge in [0.15, 0.2) is 0 Å². The topological polar surface area (TPSA) is 54.5 Å². The van der Waals surface area contributed by atoms with Crippen LogP contribution in [0.15, 0.2) is 29.6 Å². The van der Waals surface area contributed by atoms with Gasteiger partial charge in [0.25, 0.3) is 5.91 Å². The van der Waals surface area contributed by atoms with Gasteiger partial charge in [0.05, 0.1) is 6.10 Å². The second-order valence-electron chi connectivity index (χ2n) is 7.12. The minimum absolute atomic E-state index is 0.0664. The van der Waals surface area contributed by atoms with Crippen molar-refractivity contribution in [2.75, 3.05) is 26.2 Å². The SMILES string of the molecule is CC(C)Oc1ccc(-c2nc(C(=O)N3C[C@H]4CNC[C@H]4C3)cs2)cc1. The van der Waals surface area contributed by atoms with Crippen LogP contribution in [0.25, 0.3) is 10.6 Å². The molecule has 1 aromatic carbocycles. The summed E-state index contributed by atoms with van der Waals surface area (Å²) < 4.78 is 5.67. The highest BCUT2D eigenvalue weighted by Gasteiger charge is 2.38. The van der Waals surface area contributed by atoms with E-state index in [4.69, 9.17) is 4.74 Å². The first-order valence-electron chi connectivity index (χ1n) is 8.83. The van der Waals surface area contributed by atoms with Gasteiger partial charge in [-0.25, -0.2) is 4.98 Å². The summed E-state index contributed by atoms with van der Waals surface area (Å²) in [4.78, 5) is 19.3. The molecular formula is C19H23N3O2S. The van der Waals surface area contributed by atoms with Gasteiger partial charge in [-0.2, -0.15) is 0 Å². The predicted molar refractivity (Wildman–Crippen MR) is 99.1 cm³/mol. The molecule has 0 aliphatic carbocycles. The third-order valence-electron chi connectivity index (χ3n) is 4.87. The Morgan fingerprint density at radius 1 is 1.24 bits per heavy atom. The fraction of sp³-hybridized carbons (Fsp3) is 0.474. The fourth-order valence-electron chi connectivity index (χ4n) is 3.64. The summed E-state index contributed by atoms with van der Waals surface area (Å²) in [5.41, 5.74) is 1.58. The molecule has 4 rings (SSSR count). The van der Waals surface area contributed by atoms with Gasteiger partial charge in [-0.15, -0.1) is 11.3 Å². The molecule has 2 fully saturated rings. The Labute approximate surface area is 152 Å². The quantitative estimate of drug-likeness (QED) is 0.914. The van der Waals surface area contributed by atoms with Gasteiger partial charge in [0.1, 0.15) is 16.5 Å². The van der Waals surface area contributed by atoms with Crippen LogP contribution >= 0.6 is 11.3 Å². The van der Waals surface area contributed by atoms with E-state index in [2.05, 4.69) is 10.3 Å². The van der Waals surface area contributed by atoms with Gasteiger partial charge in [0.2, 0.25) is 0 Å². The molecule has 0 bridgehead atoms. The summed E-state index contributed by atoms with van der Waals surface area (Å²) in [6.07, 6.45) is 0.157. The van der Waals surface area contributed by atoms with Crippen LogP contribution < -0.4 is 10.1 Å². The first kappa shape index (κ1) is 16.5. The number of hydrogen-bond acceptors (Lipinski definition) is 5. The third-order valence-corrected chi connectivity index (χ3v) is 5.76. The zero-order valence-electron chi connectivity index (χ0n) is 14.6. The Kier molecular flexibility index (Phi) is 4.48. The Bertz CT molecular complexity index is 744. The van der Waals surface area contributed by atoms with Crippen LogP contribution in [0.1, 0.15) is 24.3 Å². The Morgan fingerprint density at radius 3 is 2.56 bits per heavy atom. The maximum Gasteiger partial charge on any atom is 0.273 e. The molecule has 1 N–H and O–H groups in total. The van der Waals surface area contributed by atoms with E-state index in [1.54, 1.807) is 0 Å². The number of nitrogens with one attached hydrogen (secondary N) is 1. The van der Waals surface area contributed by atoms with Gasteiger partial charge in [-0.1, -0.05) is 0 Å². The monoisotopic (exact) mass is 357 g/mol. The molecule has 0 saturated carbocycles. The first-order chi connectivity index (χ1) is 12.1. The van der Waals surface area contributed by atoms with E-state index in [1.165, 1.54) is 11.3 Å². The number of thiazole rings is 1. The maximum atomic E-state index is 12.7. The smallest absolute Gasteiger partial charge is 0.273 e. The summed E-state index contributed by atoms with van der Waals surface area (Å²) >= 11 is 1.52. The van der Waals surface area contributed by atoms with Crippen molar-refractivity contribution < 1.29 is 9.53 Å². The molecule has 6 heteroatoms. The molecule has 2 atom stereocenters. The largest absolute Gasteiger partial charge is 0.491 e. The molecule has 1 amide bonds. The molecule has 2 aliphatic heterocycles. The minimum atomic E-state index is 0.0664. The Balaban J connectivity index is 1.45. The van der Waals surface area contributed by atoms with Crippen molar-refractivity contribution in [2.24, 2.45) is 11.8 Å². The molecule has 2 aliphatic rings. The minimum Gasteiger partial charge on any atom is -0.491 e. The van der Waals surface area contributed by atoms with Gasteiger partial charge < -0.3 is 15.0 Å². The van der Waals surface area contributed by atoms with Crippen LogP contribution in [0, 0.1) is 11.8 Å². The highest BCUT2D eigenvalue weighted by Crippen LogP contribution is 2.30. The van der Waals surface area contributed by atoms with Crippen molar-refractivity contribution in [3.63, 3.8) is 0 Å². The summed E-state index contributed by atoms with van der Waals surface area (Å²) in [7, 11) is 0. The molecule has 0 spiro atoms. The molecule has 25 heavy (non-hydrogen) atoms. The Hall–Kier alpha value is -1.92. The summed E-state index contributed by atoms with van der Waals surface area (Å²) in [5, 5.41) is 6.16. The molecule has 3 heterocycles. The van der Waals surface area contributed by atoms with Crippen molar-refractivity contribution in [1.29, 1.82) is 0 Å². The van der Waals surface area contributed by atoms with E-state index >= 15 is 0 Å². The van der Waals surface area contributed by atoms with E-state index in [0.29, 0.717) is 17.5 Å². The number of carbonyl (C=O) groups is 1. The lowest BCUT2D eigenvalue weighted by Gasteiger charge is -2.15. The average molecular weight is 357 g/mol. The van der Waals surface area contributed by atoms with Crippen LogP contribution in [0.4, 0.5) is 0 Å². The van der Waals surface area contributed by atoms with Crippen molar-refractivity contribution >= 4 is 17.2 Å². The van der Waals surface area contributed by atoms with E-state index < -0.39 is 0 Å². The van der Waals surface area contributed by atoms with Gasteiger partial charge >= 0.3 is 0 Å². The molecular weight excluding hydrogens is 334 g/mol. The van der Waals surface area contributed by atoms with E-state index in [1.807, 2.05) is 48.4 Å². The zero-order chi connectivity index (χ0) is 17.4. The van der Waals surface area contributed by atoms with Crippen LogP contribution in [0.2, 0.25) is 0 Å². The van der Waals surface area contributed by atoms with Crippen LogP contribution in [-0.2, 0) is 0 Å². The number of amides is 1. The number of aromatic nitrogens is 1. The van der Waals surface area contributed by atoms with Gasteiger partial charge in [0, 0.05) is 37.1 Å². The summed E-state index contributed by atoms with van der Waals surface area (Å²) in [5.74, 6) is 2.13. The number of carbonyl (C=O) groups excluding carboxylic acids is 1. The second-order valence-corrected chi connectivity index (χ2v) is 7.98. The number of rotatable bonds is 4. The summed E-state index contributed by atoms with van der Waals surface area (Å²) in [6.45, 7) is 7.78. The second kappa shape index (κ2) is 6.77. The lowest BCUT2D eigenvalue weighted by atomic mass is 10.0. The lowest BCUT2D eigenvalue weighted by Crippen LogP contribution is -2.32. The standard InChI is InChI=1S/C19H23N3O2S/c1-12(2)24-16-5-3-13(4-6-16)18-21-17(11-25-18)19(23)22-9-14-7-20-8-15(14)10-22/h3-6,11-12,14-15,20H,7-10H2,1-2H3/t14-,15+. The number of fused-ring (bicyclic) bond motifs is 1. The van der Waals surface area contributed by atoms with Gasteiger partial charge in [-0.3, -0.25) is 4.79 Å². The normalized spacial score (nSPS) is 22.4. The van der Waals surface area contributed by atoms with Crippen LogP contribution in [0.3, 0.4) is 0 Å². The van der Waals surface area contributed by atoms with Crippen LogP contribution in [-0.4, -0.2) is 48.1 Å². The highest BCUT2D eigenvalue weighted by molar-refractivity contribution is 7.13. The van der Waals surface area contributed by atoms with E-state index in [-0.39, 0.29) is 12.0 Å². The molecule has 2 aromatic rings. The molecule has 0 radical (unpaired) electrons. The third kappa shape index (κ3) is 3.41. The predicted octanol–water partition coefficient (Wildman–Crippen LogP) is 2.89. The maximum absolute atomic E-state index is 12.7. The van der Waals surface area contributed by atoms with Crippen molar-refractivity contribution in [2.45, 2.75) is 20.0 Å². The molecule has 1 aromatic heterocycles. The average Bonchev–Trinajstić information content (AvgIpc) is 3.30. The van der Waals surface area contributed by atoms with Gasteiger partial charge in [-0.05, 0) is 49.9 Å². The van der Waals surface area contributed by atoms with Crippen molar-refractivity contribution in [3.8, 4) is 16.3 Å². The molecule has 0 unspecified atom stereocenters. The van der Waals surface area contributed by atoms with Crippen LogP contribution in [0.5, 0.6) is 5.75 Å². The molecule has 2 saturated heterocycles. The Morgan fingerprint density at radius 2 is 1.92 bits per heavy atom. The fourth-order valence-corrected chi connectivity index (χ4v) is 4.44. The zero-order valence-corrected chi connectivity index (χ0v) is 15.4. The molecule has 5 nitrogen and oxygen atoms in total. The molecule has 132 valence electrons. The van der Waals surface area contributed by atoms with E-state index in [9.17, 15) is 4.79 Å². The number of benzene rings is 1. The number of hydrogen-bond donors (Lipinski definition) is 1. The lowest BCUT2D eigenvalue weighted by molar-refractivity contribution is 0.0777. The highest BCUT2D eigenvalue weighted by atomic mass is 32.1. The first-order valence-corrected chi connectivity index (χ1v) is 9.70. The number of nitrogens with zero attached hydrogens (tertiary/aromatic N) is 2. The van der Waals surface area contributed by atoms with Crippen molar-refractivity contribution in [1.82, 2.24) is 15.2 Å².